The largest absolute Gasteiger partial charge is 0.392 e. The average molecular weight is 356 g/mol. The first-order chi connectivity index (χ1) is 9.44. The molecule has 1 aromatic rings. The van der Waals surface area contributed by atoms with E-state index in [0.29, 0.717) is 18.0 Å². The van der Waals surface area contributed by atoms with Crippen molar-refractivity contribution >= 4 is 45.0 Å². The van der Waals surface area contributed by atoms with Crippen LogP contribution in [0.25, 0.3) is 0 Å². The highest BCUT2D eigenvalue weighted by Crippen LogP contribution is 2.30. The molecule has 0 saturated carbocycles. The van der Waals surface area contributed by atoms with Crippen molar-refractivity contribution in [2.24, 2.45) is 5.92 Å². The molecule has 1 fully saturated rings. The molecule has 2 rings (SSSR count). The molecule has 0 spiro atoms. The van der Waals surface area contributed by atoms with E-state index in [9.17, 15) is 13.5 Å². The molecule has 0 radical (unpaired) electrons. The Kier molecular flexibility index (Phi) is 5.62. The molecule has 4 nitrogen and oxygen atoms in total. The number of benzene rings is 1. The van der Waals surface area contributed by atoms with Crippen molar-refractivity contribution in [1.82, 2.24) is 4.72 Å². The Balaban J connectivity index is 2.22. The minimum Gasteiger partial charge on any atom is -0.392 e. The molecule has 0 aromatic heterocycles. The number of rotatable bonds is 5. The third-order valence-electron chi connectivity index (χ3n) is 3.13. The highest BCUT2D eigenvalue weighted by atomic mass is 35.5. The molecule has 2 N–H and O–H groups in total. The summed E-state index contributed by atoms with van der Waals surface area (Å²) < 4.78 is 27.1. The van der Waals surface area contributed by atoms with Crippen LogP contribution in [0.2, 0.25) is 10.0 Å². The van der Waals surface area contributed by atoms with Gasteiger partial charge in [-0.25, -0.2) is 13.1 Å². The summed E-state index contributed by atoms with van der Waals surface area (Å²) in [6, 6.07) is 2.76. The Hall–Kier alpha value is 0.0200. The van der Waals surface area contributed by atoms with Gasteiger partial charge in [0.25, 0.3) is 0 Å². The molecular formula is C12H15Cl2NO3S2. The Bertz CT molecular complexity index is 587. The lowest BCUT2D eigenvalue weighted by atomic mass is 10.1. The number of hydrogen-bond acceptors (Lipinski definition) is 4. The molecule has 1 aliphatic rings. The van der Waals surface area contributed by atoms with E-state index in [-0.39, 0.29) is 21.5 Å². The lowest BCUT2D eigenvalue weighted by molar-refractivity contribution is 0.281. The van der Waals surface area contributed by atoms with Crippen LogP contribution in [0.4, 0.5) is 0 Å². The Labute approximate surface area is 132 Å². The molecular weight excluding hydrogens is 341 g/mol. The molecule has 1 saturated heterocycles. The Morgan fingerprint density at radius 1 is 1.40 bits per heavy atom. The van der Waals surface area contributed by atoms with E-state index in [0.717, 1.165) is 17.9 Å². The second kappa shape index (κ2) is 6.85. The summed E-state index contributed by atoms with van der Waals surface area (Å²) in [5.74, 6) is 2.39. The Morgan fingerprint density at radius 3 is 2.75 bits per heavy atom. The van der Waals surface area contributed by atoms with Gasteiger partial charge in [-0.3, -0.25) is 0 Å². The second-order valence-electron chi connectivity index (χ2n) is 4.62. The Morgan fingerprint density at radius 2 is 2.15 bits per heavy atom. The molecule has 20 heavy (non-hydrogen) atoms. The molecule has 0 amide bonds. The van der Waals surface area contributed by atoms with Crippen LogP contribution in [-0.4, -0.2) is 31.6 Å². The van der Waals surface area contributed by atoms with Gasteiger partial charge in [-0.15, -0.1) is 0 Å². The minimum atomic E-state index is -3.72. The smallest absolute Gasteiger partial charge is 0.242 e. The van der Waals surface area contributed by atoms with Gasteiger partial charge in [0.1, 0.15) is 4.90 Å². The zero-order valence-electron chi connectivity index (χ0n) is 10.6. The highest BCUT2D eigenvalue weighted by Gasteiger charge is 2.23. The zero-order chi connectivity index (χ0) is 14.8. The van der Waals surface area contributed by atoms with Crippen LogP contribution in [0.5, 0.6) is 0 Å². The van der Waals surface area contributed by atoms with Gasteiger partial charge >= 0.3 is 0 Å². The van der Waals surface area contributed by atoms with Crippen molar-refractivity contribution in [3.05, 3.63) is 27.7 Å². The summed E-state index contributed by atoms with van der Waals surface area (Å²) in [4.78, 5) is -0.0821. The molecule has 1 heterocycles. The van der Waals surface area contributed by atoms with Crippen molar-refractivity contribution in [2.75, 3.05) is 18.1 Å². The van der Waals surface area contributed by atoms with Gasteiger partial charge in [-0.1, -0.05) is 23.2 Å². The third kappa shape index (κ3) is 3.81. The number of aliphatic hydroxyl groups excluding tert-OH is 1. The molecule has 1 aliphatic heterocycles. The number of hydrogen-bond donors (Lipinski definition) is 2. The normalized spacial score (nSPS) is 19.4. The minimum absolute atomic E-state index is 0.0187. The van der Waals surface area contributed by atoms with E-state index in [1.54, 1.807) is 0 Å². The van der Waals surface area contributed by atoms with Gasteiger partial charge in [0.15, 0.2) is 0 Å². The summed E-state index contributed by atoms with van der Waals surface area (Å²) in [7, 11) is -3.72. The number of halogens is 2. The number of thioether (sulfide) groups is 1. The van der Waals surface area contributed by atoms with Crippen molar-refractivity contribution in [3.63, 3.8) is 0 Å². The molecule has 1 aromatic carbocycles. The topological polar surface area (TPSA) is 66.4 Å². The molecule has 1 atom stereocenters. The van der Waals surface area contributed by atoms with E-state index in [2.05, 4.69) is 4.72 Å². The predicted molar refractivity (Wildman–Crippen MR) is 83.0 cm³/mol. The fraction of sp³-hybridized carbons (Fsp3) is 0.500. The van der Waals surface area contributed by atoms with Crippen LogP contribution >= 0.6 is 35.0 Å². The second-order valence-corrected chi connectivity index (χ2v) is 8.32. The number of aliphatic hydroxyl groups is 1. The van der Waals surface area contributed by atoms with Crippen LogP contribution in [0, 0.1) is 5.92 Å². The van der Waals surface area contributed by atoms with Gasteiger partial charge in [-0.05, 0) is 41.5 Å². The van der Waals surface area contributed by atoms with Crippen molar-refractivity contribution in [2.45, 2.75) is 17.9 Å². The molecule has 0 bridgehead atoms. The van der Waals surface area contributed by atoms with Gasteiger partial charge in [0, 0.05) is 11.6 Å². The molecule has 112 valence electrons. The van der Waals surface area contributed by atoms with Crippen LogP contribution in [-0.2, 0) is 16.6 Å². The highest BCUT2D eigenvalue weighted by molar-refractivity contribution is 7.99. The van der Waals surface area contributed by atoms with Crippen molar-refractivity contribution < 1.29 is 13.5 Å². The SMILES string of the molecule is O=S(=O)(NCC1CCSC1)c1cc(Cl)cc(CO)c1Cl. The number of sulfonamides is 1. The maximum atomic E-state index is 12.3. The first-order valence-corrected chi connectivity index (χ1v) is 9.49. The quantitative estimate of drug-likeness (QED) is 0.851. The first kappa shape index (κ1) is 16.4. The monoisotopic (exact) mass is 355 g/mol. The summed E-state index contributed by atoms with van der Waals surface area (Å²) in [6.07, 6.45) is 1.01. The van der Waals surface area contributed by atoms with Gasteiger partial charge < -0.3 is 5.11 Å². The summed E-state index contributed by atoms with van der Waals surface area (Å²) in [5.41, 5.74) is 0.302. The summed E-state index contributed by atoms with van der Waals surface area (Å²) in [5, 5.41) is 9.42. The maximum Gasteiger partial charge on any atom is 0.242 e. The van der Waals surface area contributed by atoms with Gasteiger partial charge in [0.05, 0.1) is 11.6 Å². The van der Waals surface area contributed by atoms with Crippen LogP contribution < -0.4 is 4.72 Å². The van der Waals surface area contributed by atoms with Crippen molar-refractivity contribution in [1.29, 1.82) is 0 Å². The number of nitrogens with one attached hydrogen (secondary N) is 1. The molecule has 8 heteroatoms. The third-order valence-corrected chi connectivity index (χ3v) is 6.58. The van der Waals surface area contributed by atoms with E-state index in [1.165, 1.54) is 12.1 Å². The maximum absolute atomic E-state index is 12.3. The van der Waals surface area contributed by atoms with Crippen LogP contribution in [0.1, 0.15) is 12.0 Å². The summed E-state index contributed by atoms with van der Waals surface area (Å²) >= 11 is 13.7. The molecule has 0 aliphatic carbocycles. The van der Waals surface area contributed by atoms with Crippen LogP contribution in [0.3, 0.4) is 0 Å². The molecule has 1 unspecified atom stereocenters. The van der Waals surface area contributed by atoms with E-state index in [4.69, 9.17) is 23.2 Å². The predicted octanol–water partition coefficient (Wildman–Crippen LogP) is 2.52. The van der Waals surface area contributed by atoms with Crippen molar-refractivity contribution in [3.8, 4) is 0 Å². The van der Waals surface area contributed by atoms with E-state index < -0.39 is 10.0 Å². The average Bonchev–Trinajstić information content (AvgIpc) is 2.92. The van der Waals surface area contributed by atoms with E-state index >= 15 is 0 Å². The summed E-state index contributed by atoms with van der Waals surface area (Å²) in [6.45, 7) is 0.0355. The fourth-order valence-electron chi connectivity index (χ4n) is 1.98. The first-order valence-electron chi connectivity index (χ1n) is 6.10. The van der Waals surface area contributed by atoms with E-state index in [1.807, 2.05) is 11.8 Å². The lowest BCUT2D eigenvalue weighted by Crippen LogP contribution is -2.29. The zero-order valence-corrected chi connectivity index (χ0v) is 13.7. The van der Waals surface area contributed by atoms with Gasteiger partial charge in [0.2, 0.25) is 10.0 Å². The van der Waals surface area contributed by atoms with Gasteiger partial charge in [-0.2, -0.15) is 11.8 Å². The van der Waals surface area contributed by atoms with Crippen LogP contribution in [0.15, 0.2) is 17.0 Å². The fourth-order valence-corrected chi connectivity index (χ4v) is 5.30. The standard InChI is InChI=1S/C12H15Cl2NO3S2/c13-10-3-9(6-16)12(14)11(4-10)20(17,18)15-5-8-1-2-19-7-8/h3-4,8,15-16H,1-2,5-7H2. The lowest BCUT2D eigenvalue weighted by Gasteiger charge is -2.13.